The second kappa shape index (κ2) is 4.54. The summed E-state index contributed by atoms with van der Waals surface area (Å²) in [5.41, 5.74) is 0.447. The molecule has 0 radical (unpaired) electrons. The van der Waals surface area contributed by atoms with Gasteiger partial charge in [0.1, 0.15) is 5.52 Å². The van der Waals surface area contributed by atoms with Gasteiger partial charge < -0.3 is 4.74 Å². The molecule has 5 heteroatoms. The second-order valence-corrected chi connectivity index (χ2v) is 4.43. The van der Waals surface area contributed by atoms with Gasteiger partial charge in [0.25, 0.3) is 10.8 Å². The lowest BCUT2D eigenvalue weighted by Crippen LogP contribution is -2.02. The first-order valence-electron chi connectivity index (χ1n) is 5.30. The van der Waals surface area contributed by atoms with Gasteiger partial charge in [-0.25, -0.2) is 0 Å². The monoisotopic (exact) mass is 256 g/mol. The van der Waals surface area contributed by atoms with E-state index in [4.69, 9.17) is 4.74 Å². The van der Waals surface area contributed by atoms with E-state index < -0.39 is 0 Å². The SMILES string of the molecule is O=c1ccsc(Oc2cccc3cccnc23)n1. The Morgan fingerprint density at radius 2 is 2.00 bits per heavy atom. The zero-order chi connectivity index (χ0) is 12.4. The molecule has 0 atom stereocenters. The van der Waals surface area contributed by atoms with Gasteiger partial charge in [0.15, 0.2) is 5.75 Å². The van der Waals surface area contributed by atoms with E-state index in [1.807, 2.05) is 24.3 Å². The number of benzene rings is 1. The minimum atomic E-state index is -0.308. The van der Waals surface area contributed by atoms with Crippen molar-refractivity contribution in [3.05, 3.63) is 58.3 Å². The van der Waals surface area contributed by atoms with Gasteiger partial charge in [-0.1, -0.05) is 29.5 Å². The van der Waals surface area contributed by atoms with E-state index in [2.05, 4.69) is 9.97 Å². The van der Waals surface area contributed by atoms with Crippen LogP contribution in [0.15, 0.2) is 52.8 Å². The molecule has 0 N–H and O–H groups in total. The summed E-state index contributed by atoms with van der Waals surface area (Å²) in [4.78, 5) is 19.2. The molecule has 4 nitrogen and oxygen atoms in total. The molecule has 0 aliphatic carbocycles. The molecule has 1 aromatic carbocycles. The Bertz CT molecular complexity index is 750. The van der Waals surface area contributed by atoms with Crippen molar-refractivity contribution in [2.45, 2.75) is 0 Å². The third kappa shape index (κ3) is 2.08. The van der Waals surface area contributed by atoms with Crippen molar-refractivity contribution >= 4 is 22.2 Å². The van der Waals surface area contributed by atoms with Crippen molar-refractivity contribution in [2.24, 2.45) is 0 Å². The highest BCUT2D eigenvalue weighted by molar-refractivity contribution is 7.11. The zero-order valence-corrected chi connectivity index (χ0v) is 10.1. The normalized spacial score (nSPS) is 10.4. The third-order valence-corrected chi connectivity index (χ3v) is 3.02. The smallest absolute Gasteiger partial charge is 0.282 e. The molecular formula is C13H8N2O2S. The summed E-state index contributed by atoms with van der Waals surface area (Å²) in [6.07, 6.45) is 1.70. The van der Waals surface area contributed by atoms with Crippen LogP contribution in [-0.2, 0) is 0 Å². The van der Waals surface area contributed by atoms with E-state index in [-0.39, 0.29) is 5.56 Å². The van der Waals surface area contributed by atoms with Crippen LogP contribution in [0.5, 0.6) is 10.9 Å². The lowest BCUT2D eigenvalue weighted by atomic mass is 10.2. The lowest BCUT2D eigenvalue weighted by Gasteiger charge is -2.05. The average Bonchev–Trinajstić information content (AvgIpc) is 2.39. The Labute approximate surface area is 107 Å². The predicted octanol–water partition coefficient (Wildman–Crippen LogP) is 2.84. The molecule has 2 heterocycles. The fourth-order valence-electron chi connectivity index (χ4n) is 1.60. The molecule has 88 valence electrons. The molecule has 0 fully saturated rings. The fourth-order valence-corrected chi connectivity index (χ4v) is 2.18. The Kier molecular flexibility index (Phi) is 2.74. The van der Waals surface area contributed by atoms with E-state index in [1.54, 1.807) is 17.6 Å². The first-order chi connectivity index (χ1) is 8.83. The number of rotatable bonds is 2. The van der Waals surface area contributed by atoms with Crippen LogP contribution < -0.4 is 10.3 Å². The summed E-state index contributed by atoms with van der Waals surface area (Å²) < 4.78 is 5.62. The van der Waals surface area contributed by atoms with Gasteiger partial charge in [0, 0.05) is 23.0 Å². The summed E-state index contributed by atoms with van der Waals surface area (Å²) in [5.74, 6) is 0.599. The van der Waals surface area contributed by atoms with E-state index in [1.165, 1.54) is 17.4 Å². The topological polar surface area (TPSA) is 52.1 Å². The number of aromatic nitrogens is 2. The van der Waals surface area contributed by atoms with Crippen LogP contribution in [-0.4, -0.2) is 9.97 Å². The zero-order valence-electron chi connectivity index (χ0n) is 9.24. The highest BCUT2D eigenvalue weighted by Crippen LogP contribution is 2.28. The van der Waals surface area contributed by atoms with E-state index in [0.29, 0.717) is 10.9 Å². The number of nitrogens with zero attached hydrogens (tertiary/aromatic N) is 2. The van der Waals surface area contributed by atoms with Crippen LogP contribution in [0, 0.1) is 0 Å². The highest BCUT2D eigenvalue weighted by atomic mass is 32.1. The molecule has 3 aromatic rings. The molecule has 18 heavy (non-hydrogen) atoms. The van der Waals surface area contributed by atoms with E-state index >= 15 is 0 Å². The minimum absolute atomic E-state index is 0.308. The molecule has 0 saturated heterocycles. The Morgan fingerprint density at radius 1 is 1.11 bits per heavy atom. The summed E-state index contributed by atoms with van der Waals surface area (Å²) >= 11 is 1.27. The van der Waals surface area contributed by atoms with Crippen molar-refractivity contribution in [1.29, 1.82) is 0 Å². The largest absolute Gasteiger partial charge is 0.428 e. The van der Waals surface area contributed by atoms with Gasteiger partial charge in [0.2, 0.25) is 0 Å². The summed E-state index contributed by atoms with van der Waals surface area (Å²) in [6.45, 7) is 0. The van der Waals surface area contributed by atoms with Gasteiger partial charge >= 0.3 is 0 Å². The van der Waals surface area contributed by atoms with Crippen LogP contribution in [0.2, 0.25) is 0 Å². The second-order valence-electron chi connectivity index (χ2n) is 3.57. The van der Waals surface area contributed by atoms with Gasteiger partial charge in [-0.05, 0) is 12.1 Å². The van der Waals surface area contributed by atoms with E-state index in [9.17, 15) is 4.79 Å². The maximum absolute atomic E-state index is 11.1. The number of pyridine rings is 1. The van der Waals surface area contributed by atoms with Crippen LogP contribution in [0.4, 0.5) is 0 Å². The number of para-hydroxylation sites is 1. The van der Waals surface area contributed by atoms with Crippen molar-refractivity contribution < 1.29 is 4.74 Å². The molecule has 2 aromatic heterocycles. The molecule has 0 aliphatic heterocycles. The van der Waals surface area contributed by atoms with Gasteiger partial charge in [0.05, 0.1) is 0 Å². The first kappa shape index (κ1) is 10.9. The Balaban J connectivity index is 2.07. The maximum atomic E-state index is 11.1. The maximum Gasteiger partial charge on any atom is 0.282 e. The average molecular weight is 256 g/mol. The van der Waals surface area contributed by atoms with Crippen LogP contribution >= 0.6 is 11.3 Å². The van der Waals surface area contributed by atoms with Gasteiger partial charge in [-0.3, -0.25) is 9.78 Å². The Hall–Kier alpha value is -2.27. The molecule has 0 saturated carbocycles. The van der Waals surface area contributed by atoms with Crippen molar-refractivity contribution in [3.8, 4) is 10.9 Å². The molecule has 0 bridgehead atoms. The number of fused-ring (bicyclic) bond motifs is 1. The van der Waals surface area contributed by atoms with Crippen molar-refractivity contribution in [1.82, 2.24) is 9.97 Å². The van der Waals surface area contributed by atoms with Gasteiger partial charge in [-0.2, -0.15) is 4.98 Å². The molecular weight excluding hydrogens is 248 g/mol. The molecule has 0 amide bonds. The Morgan fingerprint density at radius 3 is 2.89 bits per heavy atom. The number of ether oxygens (including phenoxy) is 1. The van der Waals surface area contributed by atoms with Crippen LogP contribution in [0.1, 0.15) is 0 Å². The quantitative estimate of drug-likeness (QED) is 0.707. The van der Waals surface area contributed by atoms with E-state index in [0.717, 1.165) is 10.9 Å². The predicted molar refractivity (Wildman–Crippen MR) is 70.2 cm³/mol. The summed E-state index contributed by atoms with van der Waals surface area (Å²) in [5, 5.41) is 2.96. The van der Waals surface area contributed by atoms with Crippen LogP contribution in [0.25, 0.3) is 10.9 Å². The molecule has 0 unspecified atom stereocenters. The fraction of sp³-hybridized carbons (Fsp3) is 0. The summed E-state index contributed by atoms with van der Waals surface area (Å²) in [7, 11) is 0. The lowest BCUT2D eigenvalue weighted by molar-refractivity contribution is 0.480. The van der Waals surface area contributed by atoms with Gasteiger partial charge in [-0.15, -0.1) is 0 Å². The van der Waals surface area contributed by atoms with Crippen LogP contribution in [0.3, 0.4) is 0 Å². The summed E-state index contributed by atoms with van der Waals surface area (Å²) in [6, 6.07) is 10.9. The number of hydrogen-bond acceptors (Lipinski definition) is 5. The standard InChI is InChI=1S/C13H8N2O2S/c16-11-6-8-18-13(15-11)17-10-5-1-3-9-4-2-7-14-12(9)10/h1-8H. The van der Waals surface area contributed by atoms with Crippen molar-refractivity contribution in [3.63, 3.8) is 0 Å². The van der Waals surface area contributed by atoms with Crippen molar-refractivity contribution in [2.75, 3.05) is 0 Å². The molecule has 0 aliphatic rings. The molecule has 3 rings (SSSR count). The number of hydrogen-bond donors (Lipinski definition) is 0. The third-order valence-electron chi connectivity index (χ3n) is 2.37. The molecule has 0 spiro atoms. The minimum Gasteiger partial charge on any atom is -0.428 e. The highest BCUT2D eigenvalue weighted by Gasteiger charge is 2.05. The first-order valence-corrected chi connectivity index (χ1v) is 6.18.